The second-order valence-electron chi connectivity index (χ2n) is 6.36. The Morgan fingerprint density at radius 3 is 2.47 bits per heavy atom. The highest BCUT2D eigenvalue weighted by Gasteiger charge is 2.34. The molecule has 0 spiro atoms. The minimum atomic E-state index is 0.186. The number of benzene rings is 1. The Hall–Kier alpha value is -1.02. The fraction of sp³-hybridized carbons (Fsp3) is 0.647. The number of hydrogen-bond acceptors (Lipinski definition) is 2. The highest BCUT2D eigenvalue weighted by Crippen LogP contribution is 2.36. The molecule has 1 aliphatic rings. The quantitative estimate of drug-likeness (QED) is 0.894. The zero-order valence-electron chi connectivity index (χ0n) is 12.5. The van der Waals surface area contributed by atoms with Crippen LogP contribution < -0.4 is 4.90 Å². The van der Waals surface area contributed by atoms with Crippen molar-refractivity contribution in [1.29, 1.82) is 0 Å². The Kier molecular flexibility index (Phi) is 4.51. The molecule has 1 unspecified atom stereocenters. The first kappa shape index (κ1) is 14.4. The third kappa shape index (κ3) is 3.30. The Morgan fingerprint density at radius 2 is 1.95 bits per heavy atom. The van der Waals surface area contributed by atoms with E-state index in [0.717, 1.165) is 19.4 Å². The molecule has 106 valence electrons. The lowest BCUT2D eigenvalue weighted by atomic mass is 9.81. The van der Waals surface area contributed by atoms with E-state index in [4.69, 9.17) is 5.11 Å². The van der Waals surface area contributed by atoms with Gasteiger partial charge in [0, 0.05) is 24.4 Å². The molecular formula is C17H27NO. The third-order valence-corrected chi connectivity index (χ3v) is 4.47. The van der Waals surface area contributed by atoms with Gasteiger partial charge in [-0.1, -0.05) is 19.1 Å². The summed E-state index contributed by atoms with van der Waals surface area (Å²) >= 11 is 0. The molecule has 2 nitrogen and oxygen atoms in total. The van der Waals surface area contributed by atoms with Gasteiger partial charge in [-0.25, -0.2) is 0 Å². The number of piperidine rings is 1. The molecule has 1 heterocycles. The summed E-state index contributed by atoms with van der Waals surface area (Å²) in [4.78, 5) is 2.53. The first-order valence-corrected chi connectivity index (χ1v) is 7.54. The second-order valence-corrected chi connectivity index (χ2v) is 6.36. The number of aliphatic hydroxyl groups is 1. The Labute approximate surface area is 117 Å². The van der Waals surface area contributed by atoms with Gasteiger partial charge < -0.3 is 10.0 Å². The summed E-state index contributed by atoms with van der Waals surface area (Å²) in [6, 6.07) is 9.00. The third-order valence-electron chi connectivity index (χ3n) is 4.47. The fourth-order valence-electron chi connectivity index (χ4n) is 3.35. The van der Waals surface area contributed by atoms with Gasteiger partial charge in [0.2, 0.25) is 0 Å². The van der Waals surface area contributed by atoms with E-state index in [9.17, 15) is 0 Å². The maximum Gasteiger partial charge on any atom is 0.0433 e. The summed E-state index contributed by atoms with van der Waals surface area (Å²) in [5.74, 6) is 0.672. The molecule has 1 aromatic carbocycles. The molecule has 1 aliphatic heterocycles. The van der Waals surface area contributed by atoms with Crippen molar-refractivity contribution in [3.8, 4) is 0 Å². The van der Waals surface area contributed by atoms with Crippen molar-refractivity contribution in [2.24, 2.45) is 5.92 Å². The van der Waals surface area contributed by atoms with Crippen LogP contribution in [0, 0.1) is 5.92 Å². The van der Waals surface area contributed by atoms with Crippen LogP contribution in [0.3, 0.4) is 0 Å². The molecule has 0 amide bonds. The molecule has 1 atom stereocenters. The lowest BCUT2D eigenvalue weighted by molar-refractivity contribution is 0.205. The molecule has 0 aromatic heterocycles. The van der Waals surface area contributed by atoms with Crippen LogP contribution in [0.25, 0.3) is 0 Å². The van der Waals surface area contributed by atoms with Gasteiger partial charge in [0.25, 0.3) is 0 Å². The van der Waals surface area contributed by atoms with E-state index in [1.807, 2.05) is 0 Å². The van der Waals surface area contributed by atoms with E-state index < -0.39 is 0 Å². The van der Waals surface area contributed by atoms with Crippen molar-refractivity contribution in [3.63, 3.8) is 0 Å². The summed E-state index contributed by atoms with van der Waals surface area (Å²) < 4.78 is 0. The predicted octanol–water partition coefficient (Wildman–Crippen LogP) is 3.63. The van der Waals surface area contributed by atoms with Gasteiger partial charge in [-0.05, 0) is 63.1 Å². The van der Waals surface area contributed by atoms with Gasteiger partial charge in [0.15, 0.2) is 0 Å². The fourth-order valence-corrected chi connectivity index (χ4v) is 3.35. The van der Waals surface area contributed by atoms with E-state index in [0.29, 0.717) is 12.5 Å². The maximum absolute atomic E-state index is 9.12. The van der Waals surface area contributed by atoms with Gasteiger partial charge >= 0.3 is 0 Å². The molecule has 1 fully saturated rings. The molecule has 0 aliphatic carbocycles. The Morgan fingerprint density at radius 1 is 1.26 bits per heavy atom. The van der Waals surface area contributed by atoms with Crippen molar-refractivity contribution in [2.75, 3.05) is 18.1 Å². The summed E-state index contributed by atoms with van der Waals surface area (Å²) in [5.41, 5.74) is 2.92. The SMILES string of the molecule is CCc1ccc(N2CCC(CCO)CC2(C)C)cc1. The number of rotatable bonds is 4. The second kappa shape index (κ2) is 5.96. The van der Waals surface area contributed by atoms with E-state index in [1.165, 1.54) is 24.1 Å². The minimum absolute atomic E-state index is 0.186. The van der Waals surface area contributed by atoms with Crippen LogP contribution >= 0.6 is 0 Å². The highest BCUT2D eigenvalue weighted by atomic mass is 16.3. The van der Waals surface area contributed by atoms with Crippen LogP contribution in [0.5, 0.6) is 0 Å². The molecule has 19 heavy (non-hydrogen) atoms. The topological polar surface area (TPSA) is 23.5 Å². The van der Waals surface area contributed by atoms with E-state index in [-0.39, 0.29) is 5.54 Å². The Bertz CT molecular complexity index is 396. The number of aliphatic hydroxyl groups excluding tert-OH is 1. The normalized spacial score (nSPS) is 22.5. The number of anilines is 1. The van der Waals surface area contributed by atoms with E-state index >= 15 is 0 Å². The molecular weight excluding hydrogens is 234 g/mol. The minimum Gasteiger partial charge on any atom is -0.396 e. The van der Waals surface area contributed by atoms with Gasteiger partial charge in [0.1, 0.15) is 0 Å². The predicted molar refractivity (Wildman–Crippen MR) is 81.7 cm³/mol. The van der Waals surface area contributed by atoms with Crippen LogP contribution in [0.2, 0.25) is 0 Å². The molecule has 1 aromatic rings. The van der Waals surface area contributed by atoms with Crippen LogP contribution in [0.15, 0.2) is 24.3 Å². The van der Waals surface area contributed by atoms with Crippen molar-refractivity contribution >= 4 is 5.69 Å². The molecule has 1 saturated heterocycles. The average molecular weight is 261 g/mol. The standard InChI is InChI=1S/C17H27NO/c1-4-14-5-7-16(8-6-14)18-11-9-15(10-12-19)13-17(18,2)3/h5-8,15,19H,4,9-13H2,1-3H3. The highest BCUT2D eigenvalue weighted by molar-refractivity contribution is 5.50. The Balaban J connectivity index is 2.11. The molecule has 0 bridgehead atoms. The van der Waals surface area contributed by atoms with Gasteiger partial charge in [-0.15, -0.1) is 0 Å². The van der Waals surface area contributed by atoms with Gasteiger partial charge in [-0.2, -0.15) is 0 Å². The zero-order chi connectivity index (χ0) is 13.9. The summed E-state index contributed by atoms with van der Waals surface area (Å²) in [6.07, 6.45) is 4.41. The number of aryl methyl sites for hydroxylation is 1. The first-order chi connectivity index (χ1) is 9.06. The lowest BCUT2D eigenvalue weighted by Crippen LogP contribution is -2.50. The smallest absolute Gasteiger partial charge is 0.0433 e. The van der Waals surface area contributed by atoms with Gasteiger partial charge in [0.05, 0.1) is 0 Å². The molecule has 0 saturated carbocycles. The summed E-state index contributed by atoms with van der Waals surface area (Å²) in [7, 11) is 0. The van der Waals surface area contributed by atoms with Crippen molar-refractivity contribution < 1.29 is 5.11 Å². The van der Waals surface area contributed by atoms with Gasteiger partial charge in [-0.3, -0.25) is 0 Å². The van der Waals surface area contributed by atoms with Crippen molar-refractivity contribution in [2.45, 2.75) is 52.0 Å². The first-order valence-electron chi connectivity index (χ1n) is 7.54. The summed E-state index contributed by atoms with van der Waals surface area (Å²) in [5, 5.41) is 9.12. The molecule has 2 heteroatoms. The van der Waals surface area contributed by atoms with Crippen LogP contribution in [0.1, 0.15) is 45.6 Å². The van der Waals surface area contributed by atoms with E-state index in [1.54, 1.807) is 0 Å². The monoisotopic (exact) mass is 261 g/mol. The molecule has 0 radical (unpaired) electrons. The van der Waals surface area contributed by atoms with Crippen molar-refractivity contribution in [1.82, 2.24) is 0 Å². The van der Waals surface area contributed by atoms with E-state index in [2.05, 4.69) is 49.9 Å². The summed E-state index contributed by atoms with van der Waals surface area (Å²) in [6.45, 7) is 8.27. The van der Waals surface area contributed by atoms with Crippen LogP contribution in [-0.2, 0) is 6.42 Å². The van der Waals surface area contributed by atoms with Crippen LogP contribution in [-0.4, -0.2) is 23.8 Å². The molecule has 2 rings (SSSR count). The maximum atomic E-state index is 9.12. The lowest BCUT2D eigenvalue weighted by Gasteiger charge is -2.47. The number of hydrogen-bond donors (Lipinski definition) is 1. The zero-order valence-corrected chi connectivity index (χ0v) is 12.5. The molecule has 1 N–H and O–H groups in total. The number of nitrogens with zero attached hydrogens (tertiary/aromatic N) is 1. The average Bonchev–Trinajstić information content (AvgIpc) is 2.38. The van der Waals surface area contributed by atoms with Crippen molar-refractivity contribution in [3.05, 3.63) is 29.8 Å². The van der Waals surface area contributed by atoms with Crippen LogP contribution in [0.4, 0.5) is 5.69 Å². The largest absolute Gasteiger partial charge is 0.396 e.